The quantitative estimate of drug-likeness (QED) is 0.338. The first kappa shape index (κ1) is 26.3. The van der Waals surface area contributed by atoms with Crippen LogP contribution in [0.3, 0.4) is 0 Å². The Morgan fingerprint density at radius 1 is 1.09 bits per heavy atom. The predicted octanol–water partition coefficient (Wildman–Crippen LogP) is 3.89. The summed E-state index contributed by atoms with van der Waals surface area (Å²) in [4.78, 5) is 27.5. The molecule has 2 saturated carbocycles. The number of anilines is 1. The SMILES string of the molecule is COc1cc(C(=O)N2CC3CCC2[C@@H]3N)cc2nc(-c3cccn3CC3CC3)n(CC3CN(c4cncc(C#N)c4)C3)c12. The van der Waals surface area contributed by atoms with Crippen LogP contribution in [0.15, 0.2) is 48.9 Å². The fourth-order valence-electron chi connectivity index (χ4n) is 7.50. The maximum atomic E-state index is 13.8. The van der Waals surface area contributed by atoms with E-state index in [1.165, 1.54) is 12.8 Å². The molecule has 43 heavy (non-hydrogen) atoms. The zero-order valence-electron chi connectivity index (χ0n) is 24.4. The summed E-state index contributed by atoms with van der Waals surface area (Å²) in [5.74, 6) is 3.07. The van der Waals surface area contributed by atoms with Crippen molar-refractivity contribution in [2.24, 2.45) is 23.5 Å². The molecule has 4 fully saturated rings. The molecule has 3 aromatic heterocycles. The first-order chi connectivity index (χ1) is 21.0. The number of hydrogen-bond donors (Lipinski definition) is 1. The number of fused-ring (bicyclic) bond motifs is 3. The number of nitriles is 1. The van der Waals surface area contributed by atoms with Crippen LogP contribution in [-0.4, -0.2) is 68.7 Å². The molecular weight excluding hydrogens is 540 g/mol. The second-order valence-corrected chi connectivity index (χ2v) is 12.8. The number of methoxy groups -OCH3 is 1. The highest BCUT2D eigenvalue weighted by Crippen LogP contribution is 2.40. The Morgan fingerprint density at radius 2 is 1.95 bits per heavy atom. The number of pyridine rings is 1. The number of benzene rings is 1. The molecule has 10 heteroatoms. The molecule has 3 atom stereocenters. The van der Waals surface area contributed by atoms with Crippen molar-refractivity contribution in [1.82, 2.24) is 24.0 Å². The number of nitrogens with two attached hydrogens (primary N) is 1. The van der Waals surface area contributed by atoms with Crippen LogP contribution in [0.25, 0.3) is 22.6 Å². The lowest BCUT2D eigenvalue weighted by Crippen LogP contribution is -2.48. The average Bonchev–Trinajstić information content (AvgIpc) is 3.28. The van der Waals surface area contributed by atoms with Gasteiger partial charge in [-0.1, -0.05) is 0 Å². The van der Waals surface area contributed by atoms with E-state index in [1.807, 2.05) is 29.3 Å². The number of imidazole rings is 1. The minimum absolute atomic E-state index is 0.0129. The van der Waals surface area contributed by atoms with Crippen LogP contribution in [-0.2, 0) is 13.1 Å². The molecule has 4 aliphatic rings. The molecule has 2 saturated heterocycles. The van der Waals surface area contributed by atoms with Gasteiger partial charge in [0, 0.05) is 68.7 Å². The van der Waals surface area contributed by atoms with E-state index in [-0.39, 0.29) is 18.0 Å². The van der Waals surface area contributed by atoms with E-state index in [0.29, 0.717) is 28.7 Å². The summed E-state index contributed by atoms with van der Waals surface area (Å²) in [6, 6.07) is 12.3. The standard InChI is InChI=1S/C33H36N8O2/c1-43-29-11-24(33(42)40-19-23-6-7-27(40)30(23)35)10-26-31(29)41(32(37-26)28-3-2-8-38(28)15-20-4-5-20)18-22-16-39(17-22)25-9-21(12-34)13-36-14-25/h2-3,8-11,13-14,20,22-23,27,30H,4-7,15-19,35H2,1H3/t23?,27?,30-/m1/s1. The molecule has 5 heterocycles. The minimum Gasteiger partial charge on any atom is -0.494 e. The Hall–Kier alpha value is -4.36. The number of ether oxygens (including phenoxy) is 1. The highest BCUT2D eigenvalue weighted by Gasteiger charge is 2.47. The van der Waals surface area contributed by atoms with Crippen LogP contribution < -0.4 is 15.4 Å². The first-order valence-corrected chi connectivity index (χ1v) is 15.4. The van der Waals surface area contributed by atoms with Crippen molar-refractivity contribution in [2.75, 3.05) is 31.6 Å². The summed E-state index contributed by atoms with van der Waals surface area (Å²) < 4.78 is 10.6. The van der Waals surface area contributed by atoms with E-state index in [1.54, 1.807) is 13.3 Å². The van der Waals surface area contributed by atoms with Gasteiger partial charge in [-0.05, 0) is 67.9 Å². The van der Waals surface area contributed by atoms with Crippen molar-refractivity contribution in [3.05, 3.63) is 60.0 Å². The number of carbonyl (C=O) groups is 1. The van der Waals surface area contributed by atoms with Crippen LogP contribution in [0, 0.1) is 29.1 Å². The molecule has 0 radical (unpaired) electrons. The van der Waals surface area contributed by atoms with Crippen molar-refractivity contribution in [3.8, 4) is 23.3 Å². The van der Waals surface area contributed by atoms with Crippen molar-refractivity contribution in [3.63, 3.8) is 0 Å². The van der Waals surface area contributed by atoms with Crippen LogP contribution >= 0.6 is 0 Å². The van der Waals surface area contributed by atoms with Crippen LogP contribution in [0.2, 0.25) is 0 Å². The highest BCUT2D eigenvalue weighted by molar-refractivity contribution is 6.00. The fourth-order valence-corrected chi connectivity index (χ4v) is 7.50. The van der Waals surface area contributed by atoms with Gasteiger partial charge in [-0.25, -0.2) is 4.98 Å². The van der Waals surface area contributed by atoms with Gasteiger partial charge in [0.15, 0.2) is 5.82 Å². The Kier molecular flexibility index (Phi) is 6.19. The molecule has 10 nitrogen and oxygen atoms in total. The van der Waals surface area contributed by atoms with E-state index in [4.69, 9.17) is 15.5 Å². The van der Waals surface area contributed by atoms with Gasteiger partial charge in [0.2, 0.25) is 0 Å². The van der Waals surface area contributed by atoms with E-state index in [9.17, 15) is 10.1 Å². The van der Waals surface area contributed by atoms with Gasteiger partial charge in [-0.3, -0.25) is 9.78 Å². The monoisotopic (exact) mass is 576 g/mol. The van der Waals surface area contributed by atoms with E-state index in [0.717, 1.165) is 79.7 Å². The number of carbonyl (C=O) groups excluding carboxylic acids is 1. The third kappa shape index (κ3) is 4.45. The smallest absolute Gasteiger partial charge is 0.254 e. The van der Waals surface area contributed by atoms with Gasteiger partial charge in [0.05, 0.1) is 35.8 Å². The molecule has 1 amide bonds. The Balaban J connectivity index is 1.15. The number of nitrogens with zero attached hydrogens (tertiary/aromatic N) is 7. The third-order valence-electron chi connectivity index (χ3n) is 10.0. The lowest BCUT2D eigenvalue weighted by atomic mass is 9.98. The van der Waals surface area contributed by atoms with Crippen molar-refractivity contribution in [1.29, 1.82) is 5.26 Å². The zero-order chi connectivity index (χ0) is 29.2. The van der Waals surface area contributed by atoms with Gasteiger partial charge in [-0.15, -0.1) is 0 Å². The molecule has 2 unspecified atom stereocenters. The van der Waals surface area contributed by atoms with Crippen LogP contribution in [0.5, 0.6) is 5.75 Å². The summed E-state index contributed by atoms with van der Waals surface area (Å²) in [7, 11) is 1.67. The molecule has 2 bridgehead atoms. The molecule has 1 aromatic carbocycles. The molecular formula is C33H36N8O2. The van der Waals surface area contributed by atoms with Gasteiger partial charge < -0.3 is 29.4 Å². The van der Waals surface area contributed by atoms with Crippen LogP contribution in [0.4, 0.5) is 5.69 Å². The number of piperidine rings is 1. The Morgan fingerprint density at radius 3 is 2.67 bits per heavy atom. The number of aromatic nitrogens is 4. The topological polar surface area (TPSA) is 118 Å². The van der Waals surface area contributed by atoms with Gasteiger partial charge in [0.25, 0.3) is 5.91 Å². The molecule has 8 rings (SSSR count). The van der Waals surface area contributed by atoms with Crippen molar-refractivity contribution < 1.29 is 9.53 Å². The third-order valence-corrected chi connectivity index (χ3v) is 10.0. The first-order valence-electron chi connectivity index (χ1n) is 15.4. The lowest BCUT2D eigenvalue weighted by molar-refractivity contribution is 0.0700. The maximum Gasteiger partial charge on any atom is 0.254 e. The molecule has 0 spiro atoms. The van der Waals surface area contributed by atoms with Crippen molar-refractivity contribution >= 4 is 22.6 Å². The van der Waals surface area contributed by atoms with E-state index >= 15 is 0 Å². The maximum absolute atomic E-state index is 13.8. The average molecular weight is 577 g/mol. The summed E-state index contributed by atoms with van der Waals surface area (Å²) in [5.41, 5.74) is 11.4. The van der Waals surface area contributed by atoms with Crippen molar-refractivity contribution in [2.45, 2.75) is 50.9 Å². The van der Waals surface area contributed by atoms with E-state index < -0.39 is 0 Å². The van der Waals surface area contributed by atoms with Gasteiger partial charge in [0.1, 0.15) is 17.3 Å². The summed E-state index contributed by atoms with van der Waals surface area (Å²) in [5, 5.41) is 9.30. The fraction of sp³-hybridized carbons (Fsp3) is 0.455. The lowest BCUT2D eigenvalue weighted by Gasteiger charge is -2.41. The van der Waals surface area contributed by atoms with Crippen LogP contribution in [0.1, 0.15) is 41.6 Å². The minimum atomic E-state index is 0.0129. The summed E-state index contributed by atoms with van der Waals surface area (Å²) in [6.07, 6.45) is 10.2. The summed E-state index contributed by atoms with van der Waals surface area (Å²) >= 11 is 0. The highest BCUT2D eigenvalue weighted by atomic mass is 16.5. The molecule has 4 aromatic rings. The zero-order valence-corrected chi connectivity index (χ0v) is 24.4. The number of hydrogen-bond acceptors (Lipinski definition) is 7. The molecule has 2 aliphatic heterocycles. The largest absolute Gasteiger partial charge is 0.494 e. The second-order valence-electron chi connectivity index (χ2n) is 12.8. The Bertz CT molecular complexity index is 1760. The van der Waals surface area contributed by atoms with E-state index in [2.05, 4.69) is 43.4 Å². The van der Waals surface area contributed by atoms with Gasteiger partial charge in [-0.2, -0.15) is 5.26 Å². The molecule has 2 N–H and O–H groups in total. The normalized spacial score (nSPS) is 23.1. The number of likely N-dealkylation sites (tertiary alicyclic amines) is 1. The summed E-state index contributed by atoms with van der Waals surface area (Å²) in [6.45, 7) is 4.19. The predicted molar refractivity (Wildman–Crippen MR) is 163 cm³/mol. The Labute approximate surface area is 250 Å². The molecule has 220 valence electrons. The second kappa shape index (κ2) is 10.1. The van der Waals surface area contributed by atoms with Gasteiger partial charge >= 0.3 is 0 Å². The number of rotatable bonds is 8. The number of amides is 1. The molecule has 2 aliphatic carbocycles.